The number of carbonyl (C=O) groups excluding carboxylic acids is 1. The largest absolute Gasteiger partial charge is 0.416 e. The van der Waals surface area contributed by atoms with E-state index in [-0.39, 0.29) is 29.8 Å². The SMILES string of the molecule is [C-]#[N+]c1ccc(-n2ncc(CCC=O)c2-c2c(C)n(-c3cccc(C(F)(F)F)c3)c(=O)n(C)c2=O)cc1. The molecule has 11 heteroatoms. The van der Waals surface area contributed by atoms with Gasteiger partial charge < -0.3 is 4.79 Å². The van der Waals surface area contributed by atoms with Gasteiger partial charge in [0.05, 0.1) is 41.0 Å². The maximum atomic E-state index is 13.4. The van der Waals surface area contributed by atoms with Gasteiger partial charge in [0.1, 0.15) is 6.29 Å². The van der Waals surface area contributed by atoms with Gasteiger partial charge in [-0.15, -0.1) is 0 Å². The van der Waals surface area contributed by atoms with Crippen molar-refractivity contribution in [1.29, 1.82) is 0 Å². The quantitative estimate of drug-likeness (QED) is 0.286. The molecule has 0 bridgehead atoms. The van der Waals surface area contributed by atoms with Gasteiger partial charge in [-0.25, -0.2) is 14.3 Å². The summed E-state index contributed by atoms with van der Waals surface area (Å²) in [5, 5.41) is 4.39. The minimum atomic E-state index is -4.63. The highest BCUT2D eigenvalue weighted by Gasteiger charge is 2.31. The summed E-state index contributed by atoms with van der Waals surface area (Å²) in [6, 6.07) is 10.7. The smallest absolute Gasteiger partial charge is 0.303 e. The Bertz CT molecular complexity index is 1660. The maximum absolute atomic E-state index is 13.4. The Morgan fingerprint density at radius 1 is 1.08 bits per heavy atom. The van der Waals surface area contributed by atoms with E-state index >= 15 is 0 Å². The van der Waals surface area contributed by atoms with Crippen molar-refractivity contribution < 1.29 is 18.0 Å². The fourth-order valence-corrected chi connectivity index (χ4v) is 4.12. The van der Waals surface area contributed by atoms with Crippen LogP contribution in [-0.4, -0.2) is 25.2 Å². The van der Waals surface area contributed by atoms with Crippen molar-refractivity contribution in [2.75, 3.05) is 0 Å². The molecule has 0 N–H and O–H groups in total. The lowest BCUT2D eigenvalue weighted by Crippen LogP contribution is -2.40. The predicted molar refractivity (Wildman–Crippen MR) is 130 cm³/mol. The molecule has 0 radical (unpaired) electrons. The lowest BCUT2D eigenvalue weighted by Gasteiger charge is -2.18. The van der Waals surface area contributed by atoms with Gasteiger partial charge in [-0.2, -0.15) is 18.3 Å². The zero-order valence-corrected chi connectivity index (χ0v) is 19.8. The summed E-state index contributed by atoms with van der Waals surface area (Å²) in [5.41, 5.74) is -0.579. The first-order valence-electron chi connectivity index (χ1n) is 11.1. The van der Waals surface area contributed by atoms with Crippen LogP contribution in [0.15, 0.2) is 64.3 Å². The first kappa shape index (κ1) is 25.4. The molecule has 188 valence electrons. The number of rotatable bonds is 6. The van der Waals surface area contributed by atoms with Crippen molar-refractivity contribution in [3.8, 4) is 22.6 Å². The first-order chi connectivity index (χ1) is 17.6. The summed E-state index contributed by atoms with van der Waals surface area (Å²) in [7, 11) is 1.24. The fraction of sp³-hybridized carbons (Fsp3) is 0.192. The zero-order chi connectivity index (χ0) is 26.9. The van der Waals surface area contributed by atoms with Crippen LogP contribution >= 0.6 is 0 Å². The van der Waals surface area contributed by atoms with Gasteiger partial charge >= 0.3 is 11.9 Å². The van der Waals surface area contributed by atoms with E-state index in [0.29, 0.717) is 22.6 Å². The van der Waals surface area contributed by atoms with E-state index in [4.69, 9.17) is 6.57 Å². The highest BCUT2D eigenvalue weighted by Crippen LogP contribution is 2.32. The Morgan fingerprint density at radius 3 is 2.41 bits per heavy atom. The highest BCUT2D eigenvalue weighted by atomic mass is 19.4. The van der Waals surface area contributed by atoms with E-state index in [0.717, 1.165) is 27.6 Å². The number of hydrogen-bond acceptors (Lipinski definition) is 4. The number of hydrogen-bond donors (Lipinski definition) is 0. The molecule has 2 aromatic heterocycles. The second kappa shape index (κ2) is 9.73. The Kier molecular flexibility index (Phi) is 6.68. The molecule has 0 saturated heterocycles. The minimum absolute atomic E-state index is 0.0483. The van der Waals surface area contributed by atoms with Gasteiger partial charge in [-0.3, -0.25) is 13.9 Å². The number of carbonyl (C=O) groups is 1. The van der Waals surface area contributed by atoms with Crippen LogP contribution in [0.2, 0.25) is 0 Å². The molecule has 4 aromatic rings. The summed E-state index contributed by atoms with van der Waals surface area (Å²) in [5.74, 6) is 0. The molecule has 0 atom stereocenters. The molecule has 0 aliphatic carbocycles. The Hall–Kier alpha value is -4.72. The zero-order valence-electron chi connectivity index (χ0n) is 19.8. The molecular weight excluding hydrogens is 487 g/mol. The lowest BCUT2D eigenvalue weighted by molar-refractivity contribution is -0.137. The van der Waals surface area contributed by atoms with Crippen LogP contribution in [0.1, 0.15) is 23.2 Å². The topological polar surface area (TPSA) is 83.2 Å². The summed E-state index contributed by atoms with van der Waals surface area (Å²) >= 11 is 0. The summed E-state index contributed by atoms with van der Waals surface area (Å²) in [6.45, 7) is 8.63. The molecule has 8 nitrogen and oxygen atoms in total. The second-order valence-corrected chi connectivity index (χ2v) is 8.25. The maximum Gasteiger partial charge on any atom is 0.416 e. The van der Waals surface area contributed by atoms with Gasteiger partial charge in [-0.1, -0.05) is 18.2 Å². The third kappa shape index (κ3) is 4.61. The monoisotopic (exact) mass is 507 g/mol. The van der Waals surface area contributed by atoms with Crippen LogP contribution in [0, 0.1) is 13.5 Å². The number of alkyl halides is 3. The lowest BCUT2D eigenvalue weighted by atomic mass is 10.0. The molecule has 0 unspecified atom stereocenters. The molecule has 0 spiro atoms. The summed E-state index contributed by atoms with van der Waals surface area (Å²) in [6.07, 6.45) is -2.03. The molecule has 4 rings (SSSR count). The average Bonchev–Trinajstić information content (AvgIpc) is 3.29. The minimum Gasteiger partial charge on any atom is -0.303 e. The number of benzene rings is 2. The summed E-state index contributed by atoms with van der Waals surface area (Å²) in [4.78, 5) is 41.0. The van der Waals surface area contributed by atoms with Crippen LogP contribution in [0.3, 0.4) is 0 Å². The molecule has 0 aliphatic heterocycles. The third-order valence-corrected chi connectivity index (χ3v) is 5.96. The van der Waals surface area contributed by atoms with Gasteiger partial charge in [0.2, 0.25) is 0 Å². The third-order valence-electron chi connectivity index (χ3n) is 5.96. The Balaban J connectivity index is 2.05. The average molecular weight is 507 g/mol. The Labute approximate surface area is 208 Å². The number of aromatic nitrogens is 4. The predicted octanol–water partition coefficient (Wildman–Crippen LogP) is 4.40. The van der Waals surface area contributed by atoms with Gasteiger partial charge in [0.25, 0.3) is 5.56 Å². The molecule has 0 aliphatic rings. The van der Waals surface area contributed by atoms with Crippen molar-refractivity contribution in [1.82, 2.24) is 18.9 Å². The molecule has 2 heterocycles. The van der Waals surface area contributed by atoms with Crippen molar-refractivity contribution in [2.45, 2.75) is 25.9 Å². The number of aldehydes is 1. The number of halogens is 3. The normalized spacial score (nSPS) is 11.4. The molecule has 0 amide bonds. The van der Waals surface area contributed by atoms with Crippen LogP contribution in [0.5, 0.6) is 0 Å². The van der Waals surface area contributed by atoms with Crippen molar-refractivity contribution in [3.63, 3.8) is 0 Å². The van der Waals surface area contributed by atoms with E-state index in [1.54, 1.807) is 24.3 Å². The van der Waals surface area contributed by atoms with Gasteiger partial charge in [-0.05, 0) is 49.2 Å². The molecular formula is C26H20F3N5O3. The van der Waals surface area contributed by atoms with E-state index in [1.165, 1.54) is 37.0 Å². The highest BCUT2D eigenvalue weighted by molar-refractivity contribution is 5.69. The van der Waals surface area contributed by atoms with Crippen molar-refractivity contribution in [2.24, 2.45) is 7.05 Å². The van der Waals surface area contributed by atoms with Crippen molar-refractivity contribution >= 4 is 12.0 Å². The van der Waals surface area contributed by atoms with Crippen LogP contribution in [-0.2, 0) is 24.4 Å². The van der Waals surface area contributed by atoms with Gasteiger partial charge in [0.15, 0.2) is 5.69 Å². The van der Waals surface area contributed by atoms with Gasteiger partial charge in [0, 0.05) is 19.2 Å². The fourth-order valence-electron chi connectivity index (χ4n) is 4.12. The summed E-state index contributed by atoms with van der Waals surface area (Å²) < 4.78 is 43.5. The second-order valence-electron chi connectivity index (χ2n) is 8.25. The van der Waals surface area contributed by atoms with Crippen LogP contribution in [0.25, 0.3) is 27.5 Å². The van der Waals surface area contributed by atoms with E-state index in [2.05, 4.69) is 9.94 Å². The number of nitrogens with zero attached hydrogens (tertiary/aromatic N) is 5. The van der Waals surface area contributed by atoms with E-state index < -0.39 is 23.0 Å². The molecule has 0 fully saturated rings. The molecule has 37 heavy (non-hydrogen) atoms. The van der Waals surface area contributed by atoms with E-state index in [1.807, 2.05) is 0 Å². The molecule has 0 saturated carbocycles. The van der Waals surface area contributed by atoms with Crippen molar-refractivity contribution in [3.05, 3.63) is 104 Å². The standard InChI is InChI=1S/C26H20F3N5O3/c1-16-22(23-17(6-5-13-35)15-31-34(23)20-11-9-19(30-2)10-12-20)24(36)32(3)25(37)33(16)21-8-4-7-18(14-21)26(27,28)29/h4,7-15H,5-6H2,1,3H3. The Morgan fingerprint density at radius 2 is 1.78 bits per heavy atom. The number of aryl methyl sites for hydroxylation is 1. The van der Waals surface area contributed by atoms with Crippen LogP contribution < -0.4 is 11.2 Å². The van der Waals surface area contributed by atoms with E-state index in [9.17, 15) is 27.6 Å². The first-order valence-corrected chi connectivity index (χ1v) is 11.1. The molecule has 2 aromatic carbocycles. The van der Waals surface area contributed by atoms with Crippen LogP contribution in [0.4, 0.5) is 18.9 Å².